The average Bonchev–Trinajstić information content (AvgIpc) is 2.40. The molecule has 0 spiro atoms. The summed E-state index contributed by atoms with van der Waals surface area (Å²) in [4.78, 5) is 11.6. The van der Waals surface area contributed by atoms with Gasteiger partial charge in [0.15, 0.2) is 5.78 Å². The number of rotatable bonds is 0. The van der Waals surface area contributed by atoms with Crippen molar-refractivity contribution in [1.29, 1.82) is 0 Å². The van der Waals surface area contributed by atoms with E-state index in [1.165, 1.54) is 0 Å². The lowest BCUT2D eigenvalue weighted by molar-refractivity contribution is -0.137. The van der Waals surface area contributed by atoms with E-state index in [1.54, 1.807) is 0 Å². The predicted molar refractivity (Wildman–Crippen MR) is 53.3 cm³/mol. The van der Waals surface area contributed by atoms with Crippen LogP contribution in [0.5, 0.6) is 0 Å². The zero-order chi connectivity index (χ0) is 12.6. The maximum atomic E-state index is 13.6. The molecular formula is C12H10F4O. The van der Waals surface area contributed by atoms with Gasteiger partial charge in [-0.3, -0.25) is 4.79 Å². The monoisotopic (exact) mass is 246 g/mol. The molecule has 1 aromatic carbocycles. The van der Waals surface area contributed by atoms with Gasteiger partial charge in [-0.1, -0.05) is 0 Å². The van der Waals surface area contributed by atoms with Crippen LogP contribution in [0.25, 0.3) is 0 Å². The quantitative estimate of drug-likeness (QED) is 0.503. The average molecular weight is 246 g/mol. The fraction of sp³-hybridized carbons (Fsp3) is 0.417. The van der Waals surface area contributed by atoms with Gasteiger partial charge in [0.05, 0.1) is 5.56 Å². The lowest BCUT2D eigenvalue weighted by atomic mass is 9.98. The van der Waals surface area contributed by atoms with Gasteiger partial charge in [-0.25, -0.2) is 4.39 Å². The molecule has 0 fully saturated rings. The van der Waals surface area contributed by atoms with Crippen LogP contribution in [0, 0.1) is 5.82 Å². The Morgan fingerprint density at radius 3 is 2.35 bits per heavy atom. The van der Waals surface area contributed by atoms with E-state index in [0.717, 1.165) is 6.07 Å². The third kappa shape index (κ3) is 2.33. The Labute approximate surface area is 95.4 Å². The van der Waals surface area contributed by atoms with Gasteiger partial charge in [-0.05, 0) is 37.0 Å². The zero-order valence-corrected chi connectivity index (χ0v) is 8.90. The fourth-order valence-corrected chi connectivity index (χ4v) is 2.03. The Hall–Kier alpha value is -1.39. The molecule has 1 aliphatic rings. The van der Waals surface area contributed by atoms with Crippen molar-refractivity contribution >= 4 is 5.78 Å². The van der Waals surface area contributed by atoms with Crippen LogP contribution in [0.2, 0.25) is 0 Å². The molecule has 0 aliphatic heterocycles. The number of benzene rings is 1. The molecule has 92 valence electrons. The molecule has 0 saturated heterocycles. The van der Waals surface area contributed by atoms with Crippen LogP contribution >= 0.6 is 0 Å². The smallest absolute Gasteiger partial charge is 0.294 e. The van der Waals surface area contributed by atoms with Crippen LogP contribution in [0.4, 0.5) is 17.6 Å². The van der Waals surface area contributed by atoms with Gasteiger partial charge >= 0.3 is 6.18 Å². The molecule has 0 bridgehead atoms. The molecule has 0 radical (unpaired) electrons. The van der Waals surface area contributed by atoms with Gasteiger partial charge < -0.3 is 0 Å². The Kier molecular flexibility index (Phi) is 2.93. The van der Waals surface area contributed by atoms with Crippen molar-refractivity contribution in [3.63, 3.8) is 0 Å². The normalized spacial score (nSPS) is 16.6. The van der Waals surface area contributed by atoms with E-state index >= 15 is 0 Å². The van der Waals surface area contributed by atoms with Crippen LogP contribution in [-0.2, 0) is 12.6 Å². The number of carbonyl (C=O) groups is 1. The minimum absolute atomic E-state index is 0.102. The second kappa shape index (κ2) is 4.13. The molecule has 0 N–H and O–H groups in total. The first-order chi connectivity index (χ1) is 7.89. The van der Waals surface area contributed by atoms with Crippen molar-refractivity contribution in [2.75, 3.05) is 0 Å². The number of ketones is 1. The highest BCUT2D eigenvalue weighted by molar-refractivity contribution is 5.98. The molecular weight excluding hydrogens is 236 g/mol. The largest absolute Gasteiger partial charge is 0.416 e. The zero-order valence-electron chi connectivity index (χ0n) is 8.90. The summed E-state index contributed by atoms with van der Waals surface area (Å²) in [5.74, 6) is -1.33. The summed E-state index contributed by atoms with van der Waals surface area (Å²) in [5, 5.41) is 0. The lowest BCUT2D eigenvalue weighted by Gasteiger charge is -2.12. The van der Waals surface area contributed by atoms with E-state index in [0.29, 0.717) is 25.3 Å². The third-order valence-corrected chi connectivity index (χ3v) is 2.90. The minimum Gasteiger partial charge on any atom is -0.294 e. The summed E-state index contributed by atoms with van der Waals surface area (Å²) in [6, 6.07) is 1.24. The highest BCUT2D eigenvalue weighted by atomic mass is 19.4. The molecule has 0 amide bonds. The summed E-state index contributed by atoms with van der Waals surface area (Å²) in [6.45, 7) is 0. The van der Waals surface area contributed by atoms with E-state index in [2.05, 4.69) is 0 Å². The van der Waals surface area contributed by atoms with Crippen molar-refractivity contribution < 1.29 is 22.4 Å². The lowest BCUT2D eigenvalue weighted by Crippen LogP contribution is -2.11. The maximum Gasteiger partial charge on any atom is 0.416 e. The standard InChI is InChI=1S/C12H10F4O/c13-10-6-7(12(14,15)16)5-9-8(10)3-1-2-4-11(9)17/h5-6H,1-4H2. The van der Waals surface area contributed by atoms with E-state index in [1.807, 2.05) is 0 Å². The highest BCUT2D eigenvalue weighted by Gasteiger charge is 2.33. The van der Waals surface area contributed by atoms with Gasteiger partial charge in [0.25, 0.3) is 0 Å². The number of Topliss-reactive ketones (excluding diaryl/α,β-unsaturated/α-hetero) is 1. The molecule has 1 nitrogen and oxygen atoms in total. The number of hydrogen-bond acceptors (Lipinski definition) is 1. The molecule has 0 aromatic heterocycles. The Morgan fingerprint density at radius 1 is 1.06 bits per heavy atom. The summed E-state index contributed by atoms with van der Waals surface area (Å²) < 4.78 is 51.0. The highest BCUT2D eigenvalue weighted by Crippen LogP contribution is 2.33. The molecule has 0 saturated carbocycles. The Morgan fingerprint density at radius 2 is 1.71 bits per heavy atom. The minimum atomic E-state index is -4.62. The number of fused-ring (bicyclic) bond motifs is 1. The molecule has 1 aromatic rings. The van der Waals surface area contributed by atoms with Crippen LogP contribution in [-0.4, -0.2) is 5.78 Å². The van der Waals surface area contributed by atoms with E-state index < -0.39 is 23.3 Å². The number of hydrogen-bond donors (Lipinski definition) is 0. The molecule has 0 heterocycles. The topological polar surface area (TPSA) is 17.1 Å². The molecule has 0 unspecified atom stereocenters. The summed E-state index contributed by atoms with van der Waals surface area (Å²) in [5.41, 5.74) is -1.07. The molecule has 0 atom stereocenters. The van der Waals surface area contributed by atoms with Crippen molar-refractivity contribution in [2.24, 2.45) is 0 Å². The van der Waals surface area contributed by atoms with Crippen molar-refractivity contribution in [3.05, 3.63) is 34.6 Å². The van der Waals surface area contributed by atoms with Crippen molar-refractivity contribution in [1.82, 2.24) is 0 Å². The van der Waals surface area contributed by atoms with Gasteiger partial charge in [0, 0.05) is 12.0 Å². The number of carbonyl (C=O) groups excluding carboxylic acids is 1. The van der Waals surface area contributed by atoms with Crippen LogP contribution < -0.4 is 0 Å². The van der Waals surface area contributed by atoms with E-state index in [4.69, 9.17) is 0 Å². The van der Waals surface area contributed by atoms with Crippen molar-refractivity contribution in [3.8, 4) is 0 Å². The molecule has 5 heteroatoms. The second-order valence-electron chi connectivity index (χ2n) is 4.11. The second-order valence-corrected chi connectivity index (χ2v) is 4.11. The van der Waals surface area contributed by atoms with E-state index in [-0.39, 0.29) is 17.5 Å². The summed E-state index contributed by atoms with van der Waals surface area (Å²) in [6.07, 6.45) is -2.89. The first-order valence-electron chi connectivity index (χ1n) is 5.32. The van der Waals surface area contributed by atoms with E-state index in [9.17, 15) is 22.4 Å². The molecule has 2 rings (SSSR count). The van der Waals surface area contributed by atoms with Gasteiger partial charge in [0.2, 0.25) is 0 Å². The number of halogens is 4. The Balaban J connectivity index is 2.58. The maximum absolute atomic E-state index is 13.6. The summed E-state index contributed by atoms with van der Waals surface area (Å²) >= 11 is 0. The Bertz CT molecular complexity index is 462. The van der Waals surface area contributed by atoms with Crippen LogP contribution in [0.3, 0.4) is 0 Å². The summed E-state index contributed by atoms with van der Waals surface area (Å²) in [7, 11) is 0. The van der Waals surface area contributed by atoms with Gasteiger partial charge in [0.1, 0.15) is 5.82 Å². The molecule has 17 heavy (non-hydrogen) atoms. The molecule has 1 aliphatic carbocycles. The van der Waals surface area contributed by atoms with Crippen LogP contribution in [0.15, 0.2) is 12.1 Å². The first-order valence-corrected chi connectivity index (χ1v) is 5.32. The first kappa shape index (κ1) is 12.1. The van der Waals surface area contributed by atoms with Gasteiger partial charge in [-0.15, -0.1) is 0 Å². The van der Waals surface area contributed by atoms with Gasteiger partial charge in [-0.2, -0.15) is 13.2 Å². The predicted octanol–water partition coefficient (Wildman–Crippen LogP) is 3.75. The third-order valence-electron chi connectivity index (χ3n) is 2.90. The van der Waals surface area contributed by atoms with Crippen LogP contribution in [0.1, 0.15) is 40.7 Å². The fourth-order valence-electron chi connectivity index (χ4n) is 2.03. The SMILES string of the molecule is O=C1CCCCc2c(F)cc(C(F)(F)F)cc21. The number of alkyl halides is 3. The van der Waals surface area contributed by atoms with Crippen molar-refractivity contribution in [2.45, 2.75) is 31.9 Å².